The van der Waals surface area contributed by atoms with Crippen molar-refractivity contribution < 1.29 is 22.7 Å². The molecule has 7 nitrogen and oxygen atoms in total. The van der Waals surface area contributed by atoms with E-state index in [2.05, 4.69) is 10.0 Å². The quantitative estimate of drug-likeness (QED) is 0.661. The highest BCUT2D eigenvalue weighted by atomic mass is 35.5. The van der Waals surface area contributed by atoms with Gasteiger partial charge in [-0.05, 0) is 48.7 Å². The Morgan fingerprint density at radius 3 is 2.66 bits per heavy atom. The first-order chi connectivity index (χ1) is 13.9. The summed E-state index contributed by atoms with van der Waals surface area (Å²) in [7, 11) is -2.53. The van der Waals surface area contributed by atoms with Gasteiger partial charge in [-0.25, -0.2) is 13.1 Å². The number of carbonyl (C=O) groups is 1. The van der Waals surface area contributed by atoms with Crippen molar-refractivity contribution in [3.05, 3.63) is 58.6 Å². The van der Waals surface area contributed by atoms with Crippen molar-refractivity contribution in [3.63, 3.8) is 0 Å². The zero-order chi connectivity index (χ0) is 20.9. The number of hydrogen-bond acceptors (Lipinski definition) is 5. The first-order valence-electron chi connectivity index (χ1n) is 9.21. The molecule has 1 saturated heterocycles. The Bertz CT molecular complexity index is 957. The summed E-state index contributed by atoms with van der Waals surface area (Å²) >= 11 is 5.85. The standard InChI is InChI=1S/C20H23ClN2O5S/c1-27-18-9-6-15(20(24)22-13-17-3-2-10-28-17)11-19(18)29(25,26)23-12-14-4-7-16(21)8-5-14/h4-9,11,17,23H,2-3,10,12-13H2,1H3,(H,22,24)/t17-/m1/s1. The highest BCUT2D eigenvalue weighted by Gasteiger charge is 2.22. The Hall–Kier alpha value is -2.13. The molecule has 2 N–H and O–H groups in total. The second kappa shape index (κ2) is 9.58. The van der Waals surface area contributed by atoms with E-state index in [0.29, 0.717) is 18.2 Å². The Balaban J connectivity index is 1.74. The minimum absolute atomic E-state index is 0.00134. The topological polar surface area (TPSA) is 93.7 Å². The summed E-state index contributed by atoms with van der Waals surface area (Å²) in [4.78, 5) is 12.4. The predicted molar refractivity (Wildman–Crippen MR) is 110 cm³/mol. The summed E-state index contributed by atoms with van der Waals surface area (Å²) in [6, 6.07) is 11.2. The Labute approximate surface area is 175 Å². The minimum atomic E-state index is -3.91. The molecule has 0 bridgehead atoms. The lowest BCUT2D eigenvalue weighted by Gasteiger charge is -2.14. The summed E-state index contributed by atoms with van der Waals surface area (Å²) in [6.07, 6.45) is 1.88. The smallest absolute Gasteiger partial charge is 0.251 e. The predicted octanol–water partition coefficient (Wildman–Crippen LogP) is 2.74. The van der Waals surface area contributed by atoms with Gasteiger partial charge in [0.25, 0.3) is 5.91 Å². The van der Waals surface area contributed by atoms with Crippen LogP contribution in [-0.2, 0) is 21.3 Å². The van der Waals surface area contributed by atoms with Gasteiger partial charge in [0.05, 0.1) is 13.2 Å². The molecule has 9 heteroatoms. The number of benzene rings is 2. The molecule has 1 heterocycles. The molecule has 1 aliphatic heterocycles. The largest absolute Gasteiger partial charge is 0.495 e. The molecular formula is C20H23ClN2O5S. The van der Waals surface area contributed by atoms with Crippen LogP contribution in [0.1, 0.15) is 28.8 Å². The van der Waals surface area contributed by atoms with Gasteiger partial charge in [-0.15, -0.1) is 0 Å². The molecule has 1 amide bonds. The van der Waals surface area contributed by atoms with Crippen molar-refractivity contribution in [1.29, 1.82) is 0 Å². The first kappa shape index (κ1) is 21.6. The monoisotopic (exact) mass is 438 g/mol. The molecule has 3 rings (SSSR count). The van der Waals surface area contributed by atoms with Crippen LogP contribution in [0, 0.1) is 0 Å². The van der Waals surface area contributed by atoms with Crippen molar-refractivity contribution >= 4 is 27.5 Å². The molecule has 0 aromatic heterocycles. The molecular weight excluding hydrogens is 416 g/mol. The molecule has 1 atom stereocenters. The van der Waals surface area contributed by atoms with Gasteiger partial charge in [-0.2, -0.15) is 0 Å². The van der Waals surface area contributed by atoms with E-state index in [-0.39, 0.29) is 34.8 Å². The molecule has 2 aromatic carbocycles. The normalized spacial score (nSPS) is 16.6. The lowest BCUT2D eigenvalue weighted by molar-refractivity contribution is 0.0857. The Morgan fingerprint density at radius 2 is 2.00 bits per heavy atom. The molecule has 1 fully saturated rings. The molecule has 156 valence electrons. The number of carbonyl (C=O) groups excluding carboxylic acids is 1. The van der Waals surface area contributed by atoms with E-state index in [1.165, 1.54) is 25.3 Å². The molecule has 0 spiro atoms. The van der Waals surface area contributed by atoms with E-state index in [4.69, 9.17) is 21.1 Å². The number of rotatable bonds is 8. The van der Waals surface area contributed by atoms with Crippen LogP contribution < -0.4 is 14.8 Å². The van der Waals surface area contributed by atoms with Gasteiger partial charge in [-0.3, -0.25) is 4.79 Å². The van der Waals surface area contributed by atoms with Gasteiger partial charge in [-0.1, -0.05) is 23.7 Å². The number of hydrogen-bond donors (Lipinski definition) is 2. The third-order valence-electron chi connectivity index (χ3n) is 4.61. The second-order valence-electron chi connectivity index (χ2n) is 6.66. The van der Waals surface area contributed by atoms with Gasteiger partial charge < -0.3 is 14.8 Å². The number of ether oxygens (including phenoxy) is 2. The molecule has 1 aliphatic rings. The molecule has 0 unspecified atom stereocenters. The fraction of sp³-hybridized carbons (Fsp3) is 0.350. The van der Waals surface area contributed by atoms with Gasteiger partial charge in [0.2, 0.25) is 10.0 Å². The molecule has 0 saturated carbocycles. The summed E-state index contributed by atoms with van der Waals surface area (Å²) in [5.41, 5.74) is 0.984. The summed E-state index contributed by atoms with van der Waals surface area (Å²) in [5, 5.41) is 3.36. The Kier molecular flexibility index (Phi) is 7.13. The summed E-state index contributed by atoms with van der Waals surface area (Å²) < 4.78 is 38.8. The fourth-order valence-corrected chi connectivity index (χ4v) is 4.34. The van der Waals surface area contributed by atoms with E-state index >= 15 is 0 Å². The van der Waals surface area contributed by atoms with Crippen LogP contribution in [0.3, 0.4) is 0 Å². The number of nitrogens with one attached hydrogen (secondary N) is 2. The van der Waals surface area contributed by atoms with Gasteiger partial charge >= 0.3 is 0 Å². The van der Waals surface area contributed by atoms with E-state index in [0.717, 1.165) is 18.4 Å². The van der Waals surface area contributed by atoms with Crippen LogP contribution in [-0.4, -0.2) is 40.7 Å². The van der Waals surface area contributed by atoms with Crippen LogP contribution in [0.2, 0.25) is 5.02 Å². The number of halogens is 1. The molecule has 2 aromatic rings. The summed E-state index contributed by atoms with van der Waals surface area (Å²) in [6.45, 7) is 1.17. The van der Waals surface area contributed by atoms with Crippen LogP contribution in [0.5, 0.6) is 5.75 Å². The van der Waals surface area contributed by atoms with Crippen molar-refractivity contribution in [1.82, 2.24) is 10.0 Å². The molecule has 0 aliphatic carbocycles. The lowest BCUT2D eigenvalue weighted by atomic mass is 10.2. The van der Waals surface area contributed by atoms with Crippen LogP contribution >= 0.6 is 11.6 Å². The zero-order valence-electron chi connectivity index (χ0n) is 16.0. The first-order valence-corrected chi connectivity index (χ1v) is 11.1. The fourth-order valence-electron chi connectivity index (χ4n) is 3.00. The van der Waals surface area contributed by atoms with E-state index in [1.54, 1.807) is 24.3 Å². The highest BCUT2D eigenvalue weighted by molar-refractivity contribution is 7.89. The zero-order valence-corrected chi connectivity index (χ0v) is 17.6. The average molecular weight is 439 g/mol. The number of amides is 1. The third kappa shape index (κ3) is 5.70. The van der Waals surface area contributed by atoms with Crippen molar-refractivity contribution in [2.75, 3.05) is 20.3 Å². The van der Waals surface area contributed by atoms with Crippen LogP contribution in [0.4, 0.5) is 0 Å². The maximum atomic E-state index is 12.8. The van der Waals surface area contributed by atoms with Crippen LogP contribution in [0.15, 0.2) is 47.4 Å². The van der Waals surface area contributed by atoms with Gasteiger partial charge in [0, 0.05) is 30.3 Å². The number of methoxy groups -OCH3 is 1. The third-order valence-corrected chi connectivity index (χ3v) is 6.28. The maximum absolute atomic E-state index is 12.8. The highest BCUT2D eigenvalue weighted by Crippen LogP contribution is 2.25. The SMILES string of the molecule is COc1ccc(C(=O)NC[C@H]2CCCO2)cc1S(=O)(=O)NCc1ccc(Cl)cc1. The van der Waals surface area contributed by atoms with E-state index in [9.17, 15) is 13.2 Å². The molecule has 29 heavy (non-hydrogen) atoms. The van der Waals surface area contributed by atoms with Gasteiger partial charge in [0.1, 0.15) is 10.6 Å². The van der Waals surface area contributed by atoms with Crippen molar-refractivity contribution in [2.45, 2.75) is 30.4 Å². The summed E-state index contributed by atoms with van der Waals surface area (Å²) in [5.74, 6) is -0.207. The second-order valence-corrected chi connectivity index (χ2v) is 8.83. The lowest BCUT2D eigenvalue weighted by Crippen LogP contribution is -2.32. The van der Waals surface area contributed by atoms with Gasteiger partial charge in [0.15, 0.2) is 0 Å². The maximum Gasteiger partial charge on any atom is 0.251 e. The van der Waals surface area contributed by atoms with E-state index < -0.39 is 10.0 Å². The molecule has 0 radical (unpaired) electrons. The number of sulfonamides is 1. The average Bonchev–Trinajstić information content (AvgIpc) is 3.25. The Morgan fingerprint density at radius 1 is 1.24 bits per heavy atom. The minimum Gasteiger partial charge on any atom is -0.495 e. The van der Waals surface area contributed by atoms with Crippen LogP contribution in [0.25, 0.3) is 0 Å². The van der Waals surface area contributed by atoms with Crippen molar-refractivity contribution in [3.8, 4) is 5.75 Å². The van der Waals surface area contributed by atoms with E-state index in [1.807, 2.05) is 0 Å². The van der Waals surface area contributed by atoms with Crippen molar-refractivity contribution in [2.24, 2.45) is 0 Å².